The summed E-state index contributed by atoms with van der Waals surface area (Å²) in [4.78, 5) is 30.7. The molecule has 2 amide bonds. The smallest absolute Gasteiger partial charge is 0.257 e. The largest absolute Gasteiger partial charge is 0.368 e. The number of hydrogen-bond acceptors (Lipinski definition) is 5. The first-order valence-electron chi connectivity index (χ1n) is 9.99. The molecule has 1 saturated carbocycles. The van der Waals surface area contributed by atoms with Crippen LogP contribution in [0.1, 0.15) is 41.2 Å². The van der Waals surface area contributed by atoms with Gasteiger partial charge in [0.1, 0.15) is 28.9 Å². The molecular weight excluding hydrogens is 406 g/mol. The molecule has 2 atom stereocenters. The molecule has 3 heterocycles. The van der Waals surface area contributed by atoms with Crippen molar-refractivity contribution in [1.29, 1.82) is 0 Å². The van der Waals surface area contributed by atoms with E-state index in [0.29, 0.717) is 24.2 Å². The van der Waals surface area contributed by atoms with Crippen molar-refractivity contribution in [3.8, 4) is 0 Å². The van der Waals surface area contributed by atoms with Crippen molar-refractivity contribution in [3.05, 3.63) is 59.7 Å². The fourth-order valence-electron chi connectivity index (χ4n) is 4.09. The molecule has 31 heavy (non-hydrogen) atoms. The van der Waals surface area contributed by atoms with E-state index < -0.39 is 23.5 Å². The first kappa shape index (κ1) is 19.4. The van der Waals surface area contributed by atoms with Crippen LogP contribution in [-0.2, 0) is 4.79 Å². The number of primary amides is 1. The lowest BCUT2D eigenvalue weighted by atomic mass is 10.0. The topological polar surface area (TPSA) is 106 Å². The summed E-state index contributed by atoms with van der Waals surface area (Å²) >= 11 is 0. The number of nitrogens with zero attached hydrogens (tertiary/aromatic N) is 4. The number of nitrogens with one attached hydrogen (secondary N) is 1. The molecule has 3 N–H and O–H groups in total. The van der Waals surface area contributed by atoms with Gasteiger partial charge < -0.3 is 16.0 Å². The van der Waals surface area contributed by atoms with Crippen molar-refractivity contribution in [2.45, 2.75) is 37.0 Å². The Balaban J connectivity index is 1.48. The second-order valence-electron chi connectivity index (χ2n) is 8.07. The summed E-state index contributed by atoms with van der Waals surface area (Å²) in [6.07, 6.45) is 3.10. The lowest BCUT2D eigenvalue weighted by Crippen LogP contribution is -2.46. The average molecular weight is 426 g/mol. The number of carbonyl (C=O) groups excluding carboxylic acids is 2. The zero-order valence-electron chi connectivity index (χ0n) is 16.5. The highest BCUT2D eigenvalue weighted by Crippen LogP contribution is 2.37. The molecule has 0 spiro atoms. The predicted octanol–water partition coefficient (Wildman–Crippen LogP) is 1.91. The Labute approximate surface area is 176 Å². The van der Waals surface area contributed by atoms with Crippen LogP contribution in [0.4, 0.5) is 14.6 Å². The van der Waals surface area contributed by atoms with Crippen molar-refractivity contribution in [3.63, 3.8) is 0 Å². The maximum atomic E-state index is 14.3. The Bertz CT molecular complexity index is 1190. The van der Waals surface area contributed by atoms with E-state index in [1.165, 1.54) is 22.8 Å². The number of rotatable bonds is 5. The summed E-state index contributed by atoms with van der Waals surface area (Å²) in [7, 11) is 0. The van der Waals surface area contributed by atoms with Gasteiger partial charge in [-0.1, -0.05) is 12.1 Å². The number of carbonyl (C=O) groups is 2. The predicted molar refractivity (Wildman–Crippen MR) is 108 cm³/mol. The van der Waals surface area contributed by atoms with Gasteiger partial charge in [-0.3, -0.25) is 9.59 Å². The van der Waals surface area contributed by atoms with Gasteiger partial charge in [-0.2, -0.15) is 5.10 Å². The standard InChI is InChI=1S/C21H20F2N6O2/c22-13-3-1-2-12(8-13)16-9-14(23)11-28(16)17-4-7-29-18(26-17)15(10-25-29)19(30)27-21(5-6-21)20(24)31/h1-4,7-8,10,14,16H,5-6,9,11H2,(H2,24,31)(H,27,30)/t14-,16+/m0/s1. The molecule has 10 heteroatoms. The van der Waals surface area contributed by atoms with E-state index in [1.54, 1.807) is 29.3 Å². The zero-order valence-corrected chi connectivity index (χ0v) is 16.5. The Morgan fingerprint density at radius 1 is 1.26 bits per heavy atom. The normalized spacial score (nSPS) is 21.9. The first-order valence-corrected chi connectivity index (χ1v) is 9.99. The fraction of sp³-hybridized carbons (Fsp3) is 0.333. The van der Waals surface area contributed by atoms with Crippen molar-refractivity contribution in [1.82, 2.24) is 19.9 Å². The Morgan fingerprint density at radius 2 is 2.06 bits per heavy atom. The van der Waals surface area contributed by atoms with Gasteiger partial charge >= 0.3 is 0 Å². The number of aromatic nitrogens is 3. The van der Waals surface area contributed by atoms with Gasteiger partial charge in [-0.15, -0.1) is 0 Å². The van der Waals surface area contributed by atoms with E-state index in [2.05, 4.69) is 15.4 Å². The van der Waals surface area contributed by atoms with Crippen molar-refractivity contribution in [2.75, 3.05) is 11.4 Å². The van der Waals surface area contributed by atoms with E-state index in [9.17, 15) is 18.4 Å². The number of hydrogen-bond donors (Lipinski definition) is 2. The molecule has 8 nitrogen and oxygen atoms in total. The van der Waals surface area contributed by atoms with E-state index in [1.807, 2.05) is 0 Å². The van der Waals surface area contributed by atoms with Gasteiger partial charge in [0.2, 0.25) is 5.91 Å². The van der Waals surface area contributed by atoms with Crippen LogP contribution in [0.25, 0.3) is 5.65 Å². The van der Waals surface area contributed by atoms with Gasteiger partial charge in [0, 0.05) is 12.6 Å². The lowest BCUT2D eigenvalue weighted by molar-refractivity contribution is -0.120. The summed E-state index contributed by atoms with van der Waals surface area (Å²) in [5.41, 5.74) is 5.50. The maximum absolute atomic E-state index is 14.3. The second-order valence-corrected chi connectivity index (χ2v) is 8.07. The number of benzene rings is 1. The van der Waals surface area contributed by atoms with E-state index in [-0.39, 0.29) is 36.0 Å². The van der Waals surface area contributed by atoms with Gasteiger partial charge in [0.25, 0.3) is 5.91 Å². The quantitative estimate of drug-likeness (QED) is 0.648. The minimum absolute atomic E-state index is 0.102. The highest BCUT2D eigenvalue weighted by atomic mass is 19.1. The Kier molecular flexibility index (Phi) is 4.38. The fourth-order valence-corrected chi connectivity index (χ4v) is 4.09. The molecule has 1 aromatic carbocycles. The van der Waals surface area contributed by atoms with Crippen LogP contribution in [0.15, 0.2) is 42.7 Å². The minimum atomic E-state index is -1.09. The molecule has 0 radical (unpaired) electrons. The average Bonchev–Trinajstić information content (AvgIpc) is 3.23. The van der Waals surface area contributed by atoms with E-state index in [4.69, 9.17) is 5.73 Å². The monoisotopic (exact) mass is 426 g/mol. The molecule has 0 bridgehead atoms. The number of nitrogens with two attached hydrogens (primary N) is 1. The summed E-state index contributed by atoms with van der Waals surface area (Å²) in [5, 5.41) is 6.82. The van der Waals surface area contributed by atoms with Crippen LogP contribution in [-0.4, -0.2) is 44.7 Å². The molecule has 2 fully saturated rings. The van der Waals surface area contributed by atoms with Crippen LogP contribution in [0.5, 0.6) is 0 Å². The number of amides is 2. The third-order valence-electron chi connectivity index (χ3n) is 5.95. The second kappa shape index (κ2) is 7.00. The molecule has 1 aliphatic heterocycles. The summed E-state index contributed by atoms with van der Waals surface area (Å²) in [6.45, 7) is 0.102. The lowest BCUT2D eigenvalue weighted by Gasteiger charge is -2.25. The first-order chi connectivity index (χ1) is 14.9. The molecule has 1 aliphatic carbocycles. The molecular formula is C21H20F2N6O2. The van der Waals surface area contributed by atoms with Crippen molar-refractivity contribution >= 4 is 23.3 Å². The van der Waals surface area contributed by atoms with Crippen molar-refractivity contribution < 1.29 is 18.4 Å². The van der Waals surface area contributed by atoms with Gasteiger partial charge in [-0.25, -0.2) is 18.3 Å². The summed E-state index contributed by atoms with van der Waals surface area (Å²) in [5.74, 6) is -1.01. The third kappa shape index (κ3) is 3.37. The Morgan fingerprint density at radius 3 is 2.77 bits per heavy atom. The Hall–Kier alpha value is -3.56. The number of halogens is 2. The summed E-state index contributed by atoms with van der Waals surface area (Å²) < 4.78 is 29.5. The van der Waals surface area contributed by atoms with Crippen LogP contribution in [0.2, 0.25) is 0 Å². The number of alkyl halides is 1. The number of fused-ring (bicyclic) bond motifs is 1. The van der Waals surface area contributed by atoms with Gasteiger partial charge in [0.15, 0.2) is 5.65 Å². The highest BCUT2D eigenvalue weighted by Gasteiger charge is 2.50. The molecule has 3 aromatic rings. The van der Waals surface area contributed by atoms with Gasteiger partial charge in [0.05, 0.1) is 18.8 Å². The van der Waals surface area contributed by atoms with E-state index in [0.717, 1.165) is 0 Å². The SMILES string of the molecule is NC(=O)C1(NC(=O)c2cnn3ccc(N4C[C@@H](F)C[C@@H]4c4cccc(F)c4)nc23)CC1. The molecule has 5 rings (SSSR count). The zero-order chi connectivity index (χ0) is 21.8. The van der Waals surface area contributed by atoms with Crippen LogP contribution in [0, 0.1) is 5.82 Å². The third-order valence-corrected chi connectivity index (χ3v) is 5.95. The molecule has 0 unspecified atom stereocenters. The molecule has 160 valence electrons. The maximum Gasteiger partial charge on any atom is 0.257 e. The number of anilines is 1. The molecule has 2 aliphatic rings. The van der Waals surface area contributed by atoms with E-state index >= 15 is 0 Å². The highest BCUT2D eigenvalue weighted by molar-refractivity contribution is 6.03. The van der Waals surface area contributed by atoms with Crippen LogP contribution < -0.4 is 16.0 Å². The minimum Gasteiger partial charge on any atom is -0.368 e. The van der Waals surface area contributed by atoms with Crippen molar-refractivity contribution in [2.24, 2.45) is 5.73 Å². The molecule has 2 aromatic heterocycles. The summed E-state index contributed by atoms with van der Waals surface area (Å²) in [6, 6.07) is 7.38. The van der Waals surface area contributed by atoms with Gasteiger partial charge in [-0.05, 0) is 36.6 Å². The molecule has 1 saturated heterocycles. The van der Waals surface area contributed by atoms with Crippen LogP contribution >= 0.6 is 0 Å². The van der Waals surface area contributed by atoms with Crippen LogP contribution in [0.3, 0.4) is 0 Å².